The van der Waals surface area contributed by atoms with E-state index in [1.165, 1.54) is 25.7 Å². The minimum atomic E-state index is 0. The van der Waals surface area contributed by atoms with Gasteiger partial charge in [-0.1, -0.05) is 12.8 Å². The summed E-state index contributed by atoms with van der Waals surface area (Å²) in [7, 11) is 1.86. The van der Waals surface area contributed by atoms with Gasteiger partial charge in [-0.25, -0.2) is 0 Å². The van der Waals surface area contributed by atoms with Crippen LogP contribution in [0.15, 0.2) is 4.99 Å². The second-order valence-electron chi connectivity index (χ2n) is 7.32. The van der Waals surface area contributed by atoms with Gasteiger partial charge in [-0.05, 0) is 18.8 Å². The van der Waals surface area contributed by atoms with E-state index in [-0.39, 0.29) is 29.9 Å². The lowest BCUT2D eigenvalue weighted by atomic mass is 10.2. The maximum Gasteiger partial charge on any atom is 0.236 e. The van der Waals surface area contributed by atoms with Crippen LogP contribution in [0.1, 0.15) is 25.7 Å². The molecule has 7 nitrogen and oxygen atoms in total. The highest BCUT2D eigenvalue weighted by atomic mass is 127. The number of guanidine groups is 1. The number of nitrogens with zero attached hydrogens (tertiary/aromatic N) is 4. The molecule has 8 heteroatoms. The maximum atomic E-state index is 12.4. The fourth-order valence-electron chi connectivity index (χ4n) is 3.55. The summed E-state index contributed by atoms with van der Waals surface area (Å²) >= 11 is 0. The Bertz CT molecular complexity index is 458. The monoisotopic (exact) mass is 479 g/mol. The molecule has 1 saturated carbocycles. The molecule has 1 aliphatic carbocycles. The average molecular weight is 479 g/mol. The SMILES string of the molecule is CN=C(NCCCC1CC1)N1CCN(CC(=O)N2CCOCC2)CC1.I. The number of rotatable bonds is 6. The van der Waals surface area contributed by atoms with Gasteiger partial charge in [0.2, 0.25) is 5.91 Å². The third-order valence-electron chi connectivity index (χ3n) is 5.38. The van der Waals surface area contributed by atoms with E-state index in [2.05, 4.69) is 20.1 Å². The van der Waals surface area contributed by atoms with Crippen molar-refractivity contribution in [1.29, 1.82) is 0 Å². The lowest BCUT2D eigenvalue weighted by Gasteiger charge is -2.37. The lowest BCUT2D eigenvalue weighted by Crippen LogP contribution is -2.55. The Morgan fingerprint density at radius 1 is 1.08 bits per heavy atom. The first-order valence-electron chi connectivity index (χ1n) is 9.79. The highest BCUT2D eigenvalue weighted by molar-refractivity contribution is 14.0. The van der Waals surface area contributed by atoms with Crippen molar-refractivity contribution in [2.24, 2.45) is 10.9 Å². The van der Waals surface area contributed by atoms with Crippen molar-refractivity contribution in [3.8, 4) is 0 Å². The predicted octanol–water partition coefficient (Wildman–Crippen LogP) is 0.846. The first kappa shape index (κ1) is 21.7. The summed E-state index contributed by atoms with van der Waals surface area (Å²) < 4.78 is 5.32. The molecule has 0 aromatic heterocycles. The van der Waals surface area contributed by atoms with Gasteiger partial charge in [-0.2, -0.15) is 0 Å². The Morgan fingerprint density at radius 2 is 1.77 bits per heavy atom. The molecule has 0 unspecified atom stereocenters. The molecule has 150 valence electrons. The van der Waals surface area contributed by atoms with Gasteiger partial charge in [0.15, 0.2) is 5.96 Å². The van der Waals surface area contributed by atoms with Gasteiger partial charge in [0, 0.05) is 52.9 Å². The normalized spacial score (nSPS) is 22.1. The zero-order valence-electron chi connectivity index (χ0n) is 16.0. The number of nitrogens with one attached hydrogen (secondary N) is 1. The second kappa shape index (κ2) is 11.3. The van der Waals surface area contributed by atoms with Gasteiger partial charge >= 0.3 is 0 Å². The zero-order valence-corrected chi connectivity index (χ0v) is 18.3. The molecule has 0 aromatic rings. The van der Waals surface area contributed by atoms with Crippen molar-refractivity contribution in [2.45, 2.75) is 25.7 Å². The fourth-order valence-corrected chi connectivity index (χ4v) is 3.55. The van der Waals surface area contributed by atoms with E-state index in [0.29, 0.717) is 19.8 Å². The van der Waals surface area contributed by atoms with Crippen LogP contribution >= 0.6 is 24.0 Å². The topological polar surface area (TPSA) is 60.4 Å². The molecule has 3 rings (SSSR count). The first-order valence-corrected chi connectivity index (χ1v) is 9.79. The lowest BCUT2D eigenvalue weighted by molar-refractivity contribution is -0.136. The maximum absolute atomic E-state index is 12.4. The Balaban J connectivity index is 0.00000243. The van der Waals surface area contributed by atoms with Crippen LogP contribution in [0.25, 0.3) is 0 Å². The molecule has 2 aliphatic heterocycles. The minimum absolute atomic E-state index is 0. The van der Waals surface area contributed by atoms with E-state index >= 15 is 0 Å². The van der Waals surface area contributed by atoms with Crippen molar-refractivity contribution in [3.63, 3.8) is 0 Å². The van der Waals surface area contributed by atoms with Gasteiger partial charge in [0.1, 0.15) is 0 Å². The molecule has 3 aliphatic rings. The first-order chi connectivity index (χ1) is 12.3. The molecular formula is C18H34IN5O2. The molecular weight excluding hydrogens is 445 g/mol. The third-order valence-corrected chi connectivity index (χ3v) is 5.38. The largest absolute Gasteiger partial charge is 0.378 e. The summed E-state index contributed by atoms with van der Waals surface area (Å²) in [6.07, 6.45) is 5.44. The summed E-state index contributed by atoms with van der Waals surface area (Å²) in [5.41, 5.74) is 0. The summed E-state index contributed by atoms with van der Waals surface area (Å²) in [4.78, 5) is 23.3. The van der Waals surface area contributed by atoms with E-state index in [1.54, 1.807) is 0 Å². The van der Waals surface area contributed by atoms with Crippen LogP contribution in [-0.2, 0) is 9.53 Å². The number of aliphatic imine (C=N–C) groups is 1. The molecule has 26 heavy (non-hydrogen) atoms. The molecule has 0 atom stereocenters. The number of piperazine rings is 1. The number of carbonyl (C=O) groups is 1. The number of hydrogen-bond acceptors (Lipinski definition) is 4. The Hall–Kier alpha value is -0.610. The number of ether oxygens (including phenoxy) is 1. The predicted molar refractivity (Wildman–Crippen MR) is 114 cm³/mol. The summed E-state index contributed by atoms with van der Waals surface area (Å²) in [6, 6.07) is 0. The smallest absolute Gasteiger partial charge is 0.236 e. The minimum Gasteiger partial charge on any atom is -0.378 e. The number of amides is 1. The van der Waals surface area contributed by atoms with Crippen LogP contribution in [0, 0.1) is 5.92 Å². The fraction of sp³-hybridized carbons (Fsp3) is 0.889. The molecule has 1 N–H and O–H groups in total. The quantitative estimate of drug-likeness (QED) is 0.265. The number of halogens is 1. The molecule has 0 aromatic carbocycles. The Labute approximate surface area is 174 Å². The van der Waals surface area contributed by atoms with E-state index < -0.39 is 0 Å². The number of hydrogen-bond donors (Lipinski definition) is 1. The van der Waals surface area contributed by atoms with Gasteiger partial charge in [-0.15, -0.1) is 24.0 Å². The van der Waals surface area contributed by atoms with Crippen molar-refractivity contribution >= 4 is 35.8 Å². The van der Waals surface area contributed by atoms with Crippen molar-refractivity contribution in [2.75, 3.05) is 72.6 Å². The van der Waals surface area contributed by atoms with E-state index in [0.717, 1.165) is 57.7 Å². The third kappa shape index (κ3) is 6.84. The van der Waals surface area contributed by atoms with E-state index in [1.807, 2.05) is 11.9 Å². The van der Waals surface area contributed by atoms with Crippen LogP contribution in [0.3, 0.4) is 0 Å². The molecule has 0 bridgehead atoms. The molecule has 1 amide bonds. The molecule has 0 radical (unpaired) electrons. The molecule has 2 heterocycles. The Kier molecular flexibility index (Phi) is 9.41. The number of morpholine rings is 1. The van der Waals surface area contributed by atoms with Crippen LogP contribution in [0.4, 0.5) is 0 Å². The van der Waals surface area contributed by atoms with Crippen LogP contribution < -0.4 is 5.32 Å². The van der Waals surface area contributed by atoms with E-state index in [9.17, 15) is 4.79 Å². The molecule has 3 fully saturated rings. The van der Waals surface area contributed by atoms with Crippen molar-refractivity contribution < 1.29 is 9.53 Å². The van der Waals surface area contributed by atoms with E-state index in [4.69, 9.17) is 4.74 Å². The van der Waals surface area contributed by atoms with Gasteiger partial charge in [-0.3, -0.25) is 14.7 Å². The van der Waals surface area contributed by atoms with Crippen LogP contribution in [0.5, 0.6) is 0 Å². The summed E-state index contributed by atoms with van der Waals surface area (Å²) in [6.45, 7) is 8.03. The van der Waals surface area contributed by atoms with Gasteiger partial charge in [0.05, 0.1) is 19.8 Å². The summed E-state index contributed by atoms with van der Waals surface area (Å²) in [5.74, 6) is 2.24. The molecule has 2 saturated heterocycles. The van der Waals surface area contributed by atoms with Crippen molar-refractivity contribution in [3.05, 3.63) is 0 Å². The van der Waals surface area contributed by atoms with Crippen LogP contribution in [-0.4, -0.2) is 99.2 Å². The summed E-state index contributed by atoms with van der Waals surface area (Å²) in [5, 5.41) is 3.50. The number of carbonyl (C=O) groups excluding carboxylic acids is 1. The average Bonchev–Trinajstić information content (AvgIpc) is 3.48. The molecule has 0 spiro atoms. The van der Waals surface area contributed by atoms with Crippen LogP contribution in [0.2, 0.25) is 0 Å². The van der Waals surface area contributed by atoms with Gasteiger partial charge < -0.3 is 19.9 Å². The van der Waals surface area contributed by atoms with Gasteiger partial charge in [0.25, 0.3) is 0 Å². The standard InChI is InChI=1S/C18H33N5O2.HI/c1-19-18(20-6-2-3-16-4-5-16)23-9-7-21(8-10-23)15-17(24)22-11-13-25-14-12-22;/h16H,2-15H2,1H3,(H,19,20);1H. The van der Waals surface area contributed by atoms with Crippen molar-refractivity contribution in [1.82, 2.24) is 20.0 Å². The highest BCUT2D eigenvalue weighted by Crippen LogP contribution is 2.33. The zero-order chi connectivity index (χ0) is 17.5. The Morgan fingerprint density at radius 3 is 2.38 bits per heavy atom. The highest BCUT2D eigenvalue weighted by Gasteiger charge is 2.24. The second-order valence-corrected chi connectivity index (χ2v) is 7.32.